The van der Waals surface area contributed by atoms with Gasteiger partial charge >= 0.3 is 0 Å². The molecule has 1 amide bonds. The van der Waals surface area contributed by atoms with Gasteiger partial charge in [0.25, 0.3) is 11.8 Å². The smallest absolute Gasteiger partial charge is 0.291 e. The first-order chi connectivity index (χ1) is 12.6. The highest BCUT2D eigenvalue weighted by Gasteiger charge is 2.44. The van der Waals surface area contributed by atoms with Gasteiger partial charge in [-0.2, -0.15) is 4.98 Å². The van der Waals surface area contributed by atoms with Crippen LogP contribution in [0.5, 0.6) is 0 Å². The third-order valence-corrected chi connectivity index (χ3v) is 4.51. The number of rotatable bonds is 3. The summed E-state index contributed by atoms with van der Waals surface area (Å²) in [5.41, 5.74) is -0.664. The number of alkyl halides is 1. The Balaban J connectivity index is 1.57. The van der Waals surface area contributed by atoms with Crippen LogP contribution in [0.2, 0.25) is 0 Å². The second kappa shape index (κ2) is 6.36. The summed E-state index contributed by atoms with van der Waals surface area (Å²) in [6, 6.07) is 9.21. The van der Waals surface area contributed by atoms with Gasteiger partial charge in [-0.3, -0.25) is 4.79 Å². The van der Waals surface area contributed by atoms with Crippen molar-refractivity contribution in [1.82, 2.24) is 20.0 Å². The molecule has 1 atom stereocenters. The van der Waals surface area contributed by atoms with Crippen molar-refractivity contribution in [1.29, 1.82) is 0 Å². The zero-order valence-electron chi connectivity index (χ0n) is 14.2. The largest absolute Gasteiger partial charge is 0.438 e. The number of carbonyl (C=O) groups is 1. The van der Waals surface area contributed by atoms with Gasteiger partial charge in [0.15, 0.2) is 6.39 Å². The van der Waals surface area contributed by atoms with E-state index in [-0.39, 0.29) is 30.5 Å². The van der Waals surface area contributed by atoms with Crippen molar-refractivity contribution in [2.75, 3.05) is 13.1 Å². The molecule has 0 saturated carbocycles. The number of aryl methyl sites for hydroxylation is 1. The summed E-state index contributed by atoms with van der Waals surface area (Å²) in [4.78, 5) is 22.1. The highest BCUT2D eigenvalue weighted by atomic mass is 19.1. The van der Waals surface area contributed by atoms with Crippen LogP contribution in [0.25, 0.3) is 11.4 Å². The van der Waals surface area contributed by atoms with Crippen LogP contribution in [-0.4, -0.2) is 39.0 Å². The van der Waals surface area contributed by atoms with E-state index >= 15 is 4.39 Å². The number of oxazole rings is 1. The highest BCUT2D eigenvalue weighted by molar-refractivity contribution is 5.92. The minimum Gasteiger partial charge on any atom is -0.438 e. The maximum Gasteiger partial charge on any atom is 0.291 e. The van der Waals surface area contributed by atoms with Gasteiger partial charge in [0.05, 0.1) is 12.2 Å². The van der Waals surface area contributed by atoms with Crippen molar-refractivity contribution in [2.45, 2.75) is 25.4 Å². The van der Waals surface area contributed by atoms with Crippen LogP contribution < -0.4 is 0 Å². The number of carbonyl (C=O) groups excluding carboxylic acids is 1. The molecule has 7 nitrogen and oxygen atoms in total. The van der Waals surface area contributed by atoms with Crippen LogP contribution in [0.3, 0.4) is 0 Å². The van der Waals surface area contributed by atoms with Gasteiger partial charge in [-0.1, -0.05) is 35.5 Å². The van der Waals surface area contributed by atoms with Crippen LogP contribution >= 0.6 is 0 Å². The molecule has 2 aromatic heterocycles. The summed E-state index contributed by atoms with van der Waals surface area (Å²) in [7, 11) is 0. The van der Waals surface area contributed by atoms with Crippen molar-refractivity contribution in [3.8, 4) is 11.4 Å². The van der Waals surface area contributed by atoms with Gasteiger partial charge in [-0.15, -0.1) is 0 Å². The fraction of sp³-hybridized carbons (Fsp3) is 0.333. The Morgan fingerprint density at radius 1 is 1.31 bits per heavy atom. The van der Waals surface area contributed by atoms with E-state index in [2.05, 4.69) is 15.1 Å². The van der Waals surface area contributed by atoms with Crippen molar-refractivity contribution in [2.24, 2.45) is 0 Å². The molecule has 134 valence electrons. The molecular formula is C18H17FN4O3. The Morgan fingerprint density at radius 3 is 2.85 bits per heavy atom. The van der Waals surface area contributed by atoms with E-state index in [4.69, 9.17) is 8.94 Å². The molecule has 1 fully saturated rings. The summed E-state index contributed by atoms with van der Waals surface area (Å²) in [6.07, 6.45) is 1.90. The second-order valence-corrected chi connectivity index (χ2v) is 6.35. The highest BCUT2D eigenvalue weighted by Crippen LogP contribution is 2.36. The topological polar surface area (TPSA) is 85.3 Å². The third-order valence-electron chi connectivity index (χ3n) is 4.51. The van der Waals surface area contributed by atoms with E-state index in [9.17, 15) is 4.79 Å². The maximum absolute atomic E-state index is 15.6. The molecule has 1 aliphatic rings. The molecule has 26 heavy (non-hydrogen) atoms. The number of likely N-dealkylation sites (tertiary alicyclic amines) is 1. The lowest BCUT2D eigenvalue weighted by Crippen LogP contribution is -2.46. The number of hydrogen-bond donors (Lipinski definition) is 0. The van der Waals surface area contributed by atoms with Crippen LogP contribution in [0.1, 0.15) is 35.0 Å². The number of piperidine rings is 1. The molecule has 3 heterocycles. The van der Waals surface area contributed by atoms with Crippen molar-refractivity contribution < 1.29 is 18.1 Å². The fourth-order valence-electron chi connectivity index (χ4n) is 3.12. The van der Waals surface area contributed by atoms with E-state index in [0.29, 0.717) is 24.5 Å². The van der Waals surface area contributed by atoms with Gasteiger partial charge in [-0.25, -0.2) is 9.37 Å². The first kappa shape index (κ1) is 16.4. The first-order valence-corrected chi connectivity index (χ1v) is 8.35. The number of nitrogens with zero attached hydrogens (tertiary/aromatic N) is 4. The fourth-order valence-corrected chi connectivity index (χ4v) is 3.12. The van der Waals surface area contributed by atoms with E-state index in [1.54, 1.807) is 6.92 Å². The van der Waals surface area contributed by atoms with Gasteiger partial charge in [0, 0.05) is 12.1 Å². The van der Waals surface area contributed by atoms with E-state index < -0.39 is 5.67 Å². The molecule has 0 N–H and O–H groups in total. The lowest BCUT2D eigenvalue weighted by Gasteiger charge is -2.34. The maximum atomic E-state index is 15.6. The Hall–Kier alpha value is -3.03. The molecule has 0 spiro atoms. The van der Waals surface area contributed by atoms with Crippen molar-refractivity contribution in [3.05, 3.63) is 54.1 Å². The molecule has 1 unspecified atom stereocenters. The number of aromatic nitrogens is 3. The zero-order chi connectivity index (χ0) is 18.1. The normalized spacial score (nSPS) is 20.3. The molecule has 4 rings (SSSR count). The standard InChI is InChI=1S/C18H17FN4O3/c1-12-14(25-11-20-12)16(24)23-9-5-8-18(19,10-23)17-21-15(22-26-17)13-6-3-2-4-7-13/h2-4,6-7,11H,5,8-10H2,1H3. The van der Waals surface area contributed by atoms with Crippen LogP contribution in [-0.2, 0) is 5.67 Å². The second-order valence-electron chi connectivity index (χ2n) is 6.35. The minimum atomic E-state index is -1.89. The average molecular weight is 356 g/mol. The predicted octanol–water partition coefficient (Wildman–Crippen LogP) is 3.13. The van der Waals surface area contributed by atoms with Crippen molar-refractivity contribution in [3.63, 3.8) is 0 Å². The zero-order valence-corrected chi connectivity index (χ0v) is 14.2. The lowest BCUT2D eigenvalue weighted by atomic mass is 9.94. The minimum absolute atomic E-state index is 0.108. The Morgan fingerprint density at radius 2 is 2.12 bits per heavy atom. The number of amides is 1. The Bertz CT molecular complexity index is 923. The van der Waals surface area contributed by atoms with E-state index in [0.717, 1.165) is 5.56 Å². The summed E-state index contributed by atoms with van der Waals surface area (Å²) in [5.74, 6) is -0.0374. The Labute approximate surface area is 148 Å². The van der Waals surface area contributed by atoms with Gasteiger partial charge in [0.2, 0.25) is 17.3 Å². The van der Waals surface area contributed by atoms with Gasteiger partial charge in [0.1, 0.15) is 0 Å². The van der Waals surface area contributed by atoms with Crippen LogP contribution in [0.4, 0.5) is 4.39 Å². The molecule has 3 aromatic rings. The van der Waals surface area contributed by atoms with Gasteiger partial charge in [-0.05, 0) is 19.8 Å². The van der Waals surface area contributed by atoms with Gasteiger partial charge < -0.3 is 13.8 Å². The number of halogens is 1. The van der Waals surface area contributed by atoms with Crippen molar-refractivity contribution >= 4 is 5.91 Å². The average Bonchev–Trinajstić information content (AvgIpc) is 3.31. The van der Waals surface area contributed by atoms with E-state index in [1.807, 2.05) is 30.3 Å². The molecule has 0 radical (unpaired) electrons. The molecule has 1 saturated heterocycles. The van der Waals surface area contributed by atoms with E-state index in [1.165, 1.54) is 11.3 Å². The molecule has 1 aromatic carbocycles. The predicted molar refractivity (Wildman–Crippen MR) is 88.9 cm³/mol. The summed E-state index contributed by atoms with van der Waals surface area (Å²) >= 11 is 0. The Kier molecular flexibility index (Phi) is 4.02. The molecule has 1 aliphatic heterocycles. The lowest BCUT2D eigenvalue weighted by molar-refractivity contribution is 0.0136. The number of hydrogen-bond acceptors (Lipinski definition) is 6. The monoisotopic (exact) mass is 356 g/mol. The molecule has 0 aliphatic carbocycles. The number of benzene rings is 1. The van der Waals surface area contributed by atoms with Crippen LogP contribution in [0.15, 0.2) is 45.7 Å². The molecular weight excluding hydrogens is 339 g/mol. The SMILES string of the molecule is Cc1ncoc1C(=O)N1CCCC(F)(c2nc(-c3ccccc3)no2)C1. The third kappa shape index (κ3) is 2.87. The molecule has 8 heteroatoms. The summed E-state index contributed by atoms with van der Waals surface area (Å²) in [5, 5.41) is 3.88. The summed E-state index contributed by atoms with van der Waals surface area (Å²) in [6.45, 7) is 1.94. The first-order valence-electron chi connectivity index (χ1n) is 8.35. The van der Waals surface area contributed by atoms with Crippen LogP contribution in [0, 0.1) is 6.92 Å². The quantitative estimate of drug-likeness (QED) is 0.717. The summed E-state index contributed by atoms with van der Waals surface area (Å²) < 4.78 is 25.9. The molecule has 0 bridgehead atoms.